The minimum atomic E-state index is -5.30. The maximum atomic E-state index is 15.4. The molecule has 1 unspecified atom stereocenters. The largest absolute Gasteiger partial charge is 0.493 e. The Morgan fingerprint density at radius 2 is 1.68 bits per heavy atom. The Morgan fingerprint density at radius 1 is 1.02 bits per heavy atom. The van der Waals surface area contributed by atoms with Crippen LogP contribution in [-0.2, 0) is 25.2 Å². The van der Waals surface area contributed by atoms with Gasteiger partial charge in [0.2, 0.25) is 10.0 Å². The molecule has 240 valence electrons. The van der Waals surface area contributed by atoms with Crippen molar-refractivity contribution in [1.29, 1.82) is 0 Å². The van der Waals surface area contributed by atoms with E-state index in [2.05, 4.69) is 0 Å². The van der Waals surface area contributed by atoms with E-state index in [1.807, 2.05) is 0 Å². The summed E-state index contributed by atoms with van der Waals surface area (Å²) in [6.07, 6.45) is -10.9. The van der Waals surface area contributed by atoms with Crippen LogP contribution in [0.25, 0.3) is 5.57 Å². The molecule has 1 atom stereocenters. The van der Waals surface area contributed by atoms with Crippen LogP contribution in [-0.4, -0.2) is 44.4 Å². The lowest BCUT2D eigenvalue weighted by atomic mass is 9.76. The summed E-state index contributed by atoms with van der Waals surface area (Å²) in [5.41, 5.74) is -4.88. The second-order valence-electron chi connectivity index (χ2n) is 10.8. The minimum absolute atomic E-state index is 0.0268. The Morgan fingerprint density at radius 3 is 2.25 bits per heavy atom. The average molecular weight is 651 g/mol. The zero-order chi connectivity index (χ0) is 32.5. The van der Waals surface area contributed by atoms with Crippen LogP contribution in [0, 0.1) is 12.7 Å². The third-order valence-corrected chi connectivity index (χ3v) is 9.20. The zero-order valence-corrected chi connectivity index (χ0v) is 24.2. The van der Waals surface area contributed by atoms with Gasteiger partial charge in [-0.15, -0.1) is 0 Å². The van der Waals surface area contributed by atoms with E-state index in [4.69, 9.17) is 4.74 Å². The Bertz CT molecular complexity index is 1550. The molecule has 2 amide bonds. The predicted molar refractivity (Wildman–Crippen MR) is 145 cm³/mol. The van der Waals surface area contributed by atoms with Crippen LogP contribution >= 0.6 is 0 Å². The molecule has 0 bridgehead atoms. The van der Waals surface area contributed by atoms with Crippen molar-refractivity contribution in [2.24, 2.45) is 0 Å². The van der Waals surface area contributed by atoms with Crippen LogP contribution in [0.5, 0.6) is 5.75 Å². The summed E-state index contributed by atoms with van der Waals surface area (Å²) in [5, 5.41) is 0.891. The highest BCUT2D eigenvalue weighted by Gasteiger charge is 2.61. The lowest BCUT2D eigenvalue weighted by molar-refractivity contribution is -0.202. The number of alkyl halides is 6. The number of hydrogen-bond donors (Lipinski definition) is 2. The number of carbonyl (C=O) groups is 2. The molecule has 0 radical (unpaired) electrons. The molecule has 0 spiro atoms. The molecule has 1 fully saturated rings. The Labute approximate surface area is 248 Å². The number of hydrogen-bond acceptors (Lipinski definition) is 5. The molecular formula is C29H29F7N2O5S. The SMILES string of the molecule is Cc1ccc(C2=C(C(=O)NS(=O)(=O)C3CC3)C(=O)NC(c3ccc(OCCCCCC(F)(F)F)cc3F)(C(F)(F)F)C2)cc1. The molecule has 2 N–H and O–H groups in total. The normalized spacial score (nSPS) is 19.5. The molecule has 2 aromatic rings. The molecule has 0 aromatic heterocycles. The summed E-state index contributed by atoms with van der Waals surface area (Å²) in [7, 11) is -4.17. The molecule has 15 heteroatoms. The van der Waals surface area contributed by atoms with Crippen LogP contribution in [0.4, 0.5) is 30.7 Å². The zero-order valence-electron chi connectivity index (χ0n) is 23.4. The van der Waals surface area contributed by atoms with Gasteiger partial charge in [0, 0.05) is 24.5 Å². The summed E-state index contributed by atoms with van der Waals surface area (Å²) >= 11 is 0. The van der Waals surface area contributed by atoms with Gasteiger partial charge in [0.25, 0.3) is 11.8 Å². The van der Waals surface area contributed by atoms with Crippen molar-refractivity contribution in [2.75, 3.05) is 6.61 Å². The molecule has 1 aliphatic heterocycles. The van der Waals surface area contributed by atoms with Gasteiger partial charge in [0.05, 0.1) is 11.9 Å². The van der Waals surface area contributed by atoms with Gasteiger partial charge in [-0.3, -0.25) is 9.59 Å². The maximum Gasteiger partial charge on any atom is 0.416 e. The van der Waals surface area contributed by atoms with Gasteiger partial charge >= 0.3 is 12.4 Å². The average Bonchev–Trinajstić information content (AvgIpc) is 3.76. The van der Waals surface area contributed by atoms with Gasteiger partial charge in [-0.25, -0.2) is 17.5 Å². The number of carbonyl (C=O) groups excluding carboxylic acids is 2. The molecular weight excluding hydrogens is 621 g/mol. The maximum absolute atomic E-state index is 15.4. The van der Waals surface area contributed by atoms with E-state index in [0.29, 0.717) is 11.6 Å². The highest BCUT2D eigenvalue weighted by molar-refractivity contribution is 7.91. The second-order valence-corrected chi connectivity index (χ2v) is 12.8. The number of halogens is 7. The number of rotatable bonds is 11. The van der Waals surface area contributed by atoms with E-state index < -0.39 is 80.3 Å². The van der Waals surface area contributed by atoms with E-state index >= 15 is 4.39 Å². The first-order chi connectivity index (χ1) is 20.4. The molecule has 0 saturated heterocycles. The van der Waals surface area contributed by atoms with Gasteiger partial charge in [-0.2, -0.15) is 26.3 Å². The summed E-state index contributed by atoms with van der Waals surface area (Å²) in [5.74, 6) is -4.53. The number of sulfonamides is 1. The molecule has 2 aromatic carbocycles. The minimum Gasteiger partial charge on any atom is -0.493 e. The van der Waals surface area contributed by atoms with E-state index in [1.165, 1.54) is 24.3 Å². The van der Waals surface area contributed by atoms with Crippen molar-refractivity contribution in [3.05, 3.63) is 70.5 Å². The molecule has 1 heterocycles. The topological polar surface area (TPSA) is 102 Å². The molecule has 1 saturated carbocycles. The second kappa shape index (κ2) is 12.4. The van der Waals surface area contributed by atoms with Gasteiger partial charge in [0.1, 0.15) is 17.1 Å². The lowest BCUT2D eigenvalue weighted by Gasteiger charge is -2.41. The number of unbranched alkanes of at least 4 members (excludes halogenated alkanes) is 2. The monoisotopic (exact) mass is 650 g/mol. The van der Waals surface area contributed by atoms with Crippen LogP contribution in [0.2, 0.25) is 0 Å². The fourth-order valence-electron chi connectivity index (χ4n) is 4.89. The molecule has 7 nitrogen and oxygen atoms in total. The molecule has 2 aliphatic rings. The van der Waals surface area contributed by atoms with Crippen molar-refractivity contribution in [2.45, 2.75) is 75.0 Å². The van der Waals surface area contributed by atoms with Gasteiger partial charge in [-0.05, 0) is 62.3 Å². The van der Waals surface area contributed by atoms with E-state index in [0.717, 1.165) is 12.1 Å². The molecule has 4 rings (SSSR count). The van der Waals surface area contributed by atoms with E-state index in [-0.39, 0.29) is 50.0 Å². The fraction of sp³-hybridized carbons (Fsp3) is 0.448. The Kier molecular flexibility index (Phi) is 9.38. The summed E-state index contributed by atoms with van der Waals surface area (Å²) in [4.78, 5) is 26.4. The van der Waals surface area contributed by atoms with Crippen LogP contribution in [0.1, 0.15) is 61.6 Å². The molecule has 1 aliphatic carbocycles. The van der Waals surface area contributed by atoms with E-state index in [1.54, 1.807) is 17.0 Å². The quantitative estimate of drug-likeness (QED) is 0.177. The van der Waals surface area contributed by atoms with Crippen LogP contribution in [0.15, 0.2) is 48.0 Å². The van der Waals surface area contributed by atoms with Gasteiger partial charge in [0.15, 0.2) is 5.54 Å². The highest BCUT2D eigenvalue weighted by Crippen LogP contribution is 2.49. The molecule has 44 heavy (non-hydrogen) atoms. The van der Waals surface area contributed by atoms with Crippen molar-refractivity contribution in [3.63, 3.8) is 0 Å². The summed E-state index contributed by atoms with van der Waals surface area (Å²) in [6.45, 7) is 1.59. The summed E-state index contributed by atoms with van der Waals surface area (Å²) < 4.78 is 129. The van der Waals surface area contributed by atoms with Gasteiger partial charge < -0.3 is 10.1 Å². The van der Waals surface area contributed by atoms with Crippen LogP contribution in [0.3, 0.4) is 0 Å². The predicted octanol–water partition coefficient (Wildman–Crippen LogP) is 5.98. The number of nitrogens with one attached hydrogen (secondary N) is 2. The lowest BCUT2D eigenvalue weighted by Crippen LogP contribution is -2.60. The van der Waals surface area contributed by atoms with Gasteiger partial charge in [-0.1, -0.05) is 29.8 Å². The summed E-state index contributed by atoms with van der Waals surface area (Å²) in [6, 6.07) is 8.27. The fourth-order valence-corrected chi connectivity index (χ4v) is 6.17. The first-order valence-corrected chi connectivity index (χ1v) is 15.2. The third-order valence-electron chi connectivity index (χ3n) is 7.38. The Balaban J connectivity index is 1.67. The number of aryl methyl sites for hydroxylation is 1. The highest BCUT2D eigenvalue weighted by atomic mass is 32.2. The first kappa shape index (κ1) is 33.3. The van der Waals surface area contributed by atoms with Crippen molar-refractivity contribution < 1.29 is 53.5 Å². The van der Waals surface area contributed by atoms with Crippen molar-refractivity contribution in [3.8, 4) is 5.75 Å². The first-order valence-electron chi connectivity index (χ1n) is 13.7. The third kappa shape index (κ3) is 7.53. The standard InChI is InChI=1S/C29H29F7N2O5S/c1-17-5-7-18(8-6-17)21-16-27(29(34,35)36,37-25(39)24(21)26(40)38-44(41,42)20-10-11-20)22-12-9-19(15-23(22)30)43-14-4-2-3-13-28(31,32)33/h5-9,12,15,20H,2-4,10-11,13-14,16H2,1H3,(H,37,39)(H,38,40). The Hall–Kier alpha value is -3.62. The smallest absolute Gasteiger partial charge is 0.416 e. The number of amides is 2. The van der Waals surface area contributed by atoms with Crippen LogP contribution < -0.4 is 14.8 Å². The number of benzene rings is 2. The van der Waals surface area contributed by atoms with Crippen molar-refractivity contribution in [1.82, 2.24) is 10.0 Å². The number of ether oxygens (including phenoxy) is 1. The van der Waals surface area contributed by atoms with Crippen molar-refractivity contribution >= 4 is 27.4 Å². The van der Waals surface area contributed by atoms with E-state index in [9.17, 15) is 44.3 Å².